The number of carbonyl (C=O) groups excluding carboxylic acids is 1. The molecule has 3 rings (SSSR count). The Balaban J connectivity index is 1.52. The fraction of sp³-hybridized carbons (Fsp3) is 0.533. The molecule has 0 radical (unpaired) electrons. The van der Waals surface area contributed by atoms with Crippen LogP contribution in [0, 0.1) is 0 Å². The van der Waals surface area contributed by atoms with E-state index in [0.717, 1.165) is 31.0 Å². The summed E-state index contributed by atoms with van der Waals surface area (Å²) < 4.78 is 16.5. The van der Waals surface area contributed by atoms with Crippen LogP contribution in [0.15, 0.2) is 24.3 Å². The summed E-state index contributed by atoms with van der Waals surface area (Å²) in [6.07, 6.45) is 0.627. The number of ether oxygens (including phenoxy) is 3. The second-order valence-corrected chi connectivity index (χ2v) is 5.18. The molecule has 21 heavy (non-hydrogen) atoms. The highest BCUT2D eigenvalue weighted by atomic mass is 16.5. The molecule has 1 aromatic rings. The van der Waals surface area contributed by atoms with Crippen molar-refractivity contribution in [3.05, 3.63) is 24.3 Å². The molecule has 2 N–H and O–H groups in total. The highest BCUT2D eigenvalue weighted by Gasteiger charge is 2.21. The quantitative estimate of drug-likeness (QED) is 0.858. The van der Waals surface area contributed by atoms with Gasteiger partial charge in [0.15, 0.2) is 0 Å². The molecule has 2 aliphatic rings. The van der Waals surface area contributed by atoms with Crippen molar-refractivity contribution in [3.8, 4) is 5.75 Å². The molecule has 2 aliphatic heterocycles. The summed E-state index contributed by atoms with van der Waals surface area (Å²) in [5.74, 6) is 0.666. The SMILES string of the molecule is O=C(Nc1ccc(OC2CCOC2)cc1)C1CNCCO1. The van der Waals surface area contributed by atoms with Crippen LogP contribution in [0.2, 0.25) is 0 Å². The van der Waals surface area contributed by atoms with E-state index in [2.05, 4.69) is 10.6 Å². The lowest BCUT2D eigenvalue weighted by Gasteiger charge is -2.22. The highest BCUT2D eigenvalue weighted by Crippen LogP contribution is 2.19. The van der Waals surface area contributed by atoms with Crippen LogP contribution < -0.4 is 15.4 Å². The Hall–Kier alpha value is -1.63. The average molecular weight is 292 g/mol. The number of anilines is 1. The van der Waals surface area contributed by atoms with Crippen LogP contribution >= 0.6 is 0 Å². The van der Waals surface area contributed by atoms with Gasteiger partial charge in [-0.15, -0.1) is 0 Å². The van der Waals surface area contributed by atoms with Crippen molar-refractivity contribution in [2.24, 2.45) is 0 Å². The molecular weight excluding hydrogens is 272 g/mol. The Morgan fingerprint density at radius 1 is 1.29 bits per heavy atom. The van der Waals surface area contributed by atoms with E-state index in [1.165, 1.54) is 0 Å². The van der Waals surface area contributed by atoms with Crippen molar-refractivity contribution in [1.29, 1.82) is 0 Å². The van der Waals surface area contributed by atoms with E-state index >= 15 is 0 Å². The van der Waals surface area contributed by atoms with Crippen molar-refractivity contribution in [2.45, 2.75) is 18.6 Å². The Kier molecular flexibility index (Phi) is 4.69. The monoisotopic (exact) mass is 292 g/mol. The number of hydrogen-bond donors (Lipinski definition) is 2. The maximum absolute atomic E-state index is 12.0. The molecule has 0 spiro atoms. The number of benzene rings is 1. The van der Waals surface area contributed by atoms with Gasteiger partial charge in [-0.2, -0.15) is 0 Å². The zero-order valence-corrected chi connectivity index (χ0v) is 11.8. The molecule has 1 aromatic carbocycles. The number of amides is 1. The van der Waals surface area contributed by atoms with Gasteiger partial charge in [0.1, 0.15) is 18.0 Å². The fourth-order valence-corrected chi connectivity index (χ4v) is 2.37. The zero-order valence-electron chi connectivity index (χ0n) is 11.8. The number of carbonyl (C=O) groups is 1. The topological polar surface area (TPSA) is 68.8 Å². The van der Waals surface area contributed by atoms with E-state index in [4.69, 9.17) is 14.2 Å². The van der Waals surface area contributed by atoms with Crippen LogP contribution in [0.1, 0.15) is 6.42 Å². The summed E-state index contributed by atoms with van der Waals surface area (Å²) in [5.41, 5.74) is 0.740. The van der Waals surface area contributed by atoms with Gasteiger partial charge in [-0.25, -0.2) is 0 Å². The molecule has 0 saturated carbocycles. The molecule has 0 aliphatic carbocycles. The van der Waals surface area contributed by atoms with Gasteiger partial charge in [0.2, 0.25) is 0 Å². The molecule has 6 heteroatoms. The predicted octanol–water partition coefficient (Wildman–Crippen LogP) is 0.781. The third-order valence-electron chi connectivity index (χ3n) is 3.53. The van der Waals surface area contributed by atoms with E-state index in [-0.39, 0.29) is 12.0 Å². The predicted molar refractivity (Wildman–Crippen MR) is 77.5 cm³/mol. The summed E-state index contributed by atoms with van der Waals surface area (Å²) in [7, 11) is 0. The van der Waals surface area contributed by atoms with E-state index in [9.17, 15) is 4.79 Å². The maximum Gasteiger partial charge on any atom is 0.254 e. The molecule has 0 bridgehead atoms. The van der Waals surface area contributed by atoms with Crippen molar-refractivity contribution in [2.75, 3.05) is 38.2 Å². The summed E-state index contributed by atoms with van der Waals surface area (Å²) in [4.78, 5) is 12.0. The molecular formula is C15H20N2O4. The van der Waals surface area contributed by atoms with E-state index < -0.39 is 6.10 Å². The molecule has 2 saturated heterocycles. The molecule has 2 atom stereocenters. The first-order chi connectivity index (χ1) is 10.3. The lowest BCUT2D eigenvalue weighted by molar-refractivity contribution is -0.128. The molecule has 114 valence electrons. The summed E-state index contributed by atoms with van der Waals surface area (Å²) in [5, 5.41) is 5.98. The second kappa shape index (κ2) is 6.89. The van der Waals surface area contributed by atoms with Gasteiger partial charge >= 0.3 is 0 Å². The normalized spacial score (nSPS) is 25.5. The molecule has 2 fully saturated rings. The van der Waals surface area contributed by atoms with Gasteiger partial charge in [0.25, 0.3) is 5.91 Å². The van der Waals surface area contributed by atoms with Gasteiger partial charge < -0.3 is 24.8 Å². The van der Waals surface area contributed by atoms with Crippen LogP contribution in [0.5, 0.6) is 5.75 Å². The van der Waals surface area contributed by atoms with Crippen molar-refractivity contribution in [3.63, 3.8) is 0 Å². The Morgan fingerprint density at radius 2 is 2.14 bits per heavy atom. The van der Waals surface area contributed by atoms with Crippen LogP contribution in [-0.4, -0.2) is 51.0 Å². The number of hydrogen-bond acceptors (Lipinski definition) is 5. The highest BCUT2D eigenvalue weighted by molar-refractivity contribution is 5.94. The lowest BCUT2D eigenvalue weighted by atomic mass is 10.2. The van der Waals surface area contributed by atoms with Gasteiger partial charge in [0, 0.05) is 25.2 Å². The molecule has 2 heterocycles. The smallest absolute Gasteiger partial charge is 0.254 e. The standard InChI is InChI=1S/C15H20N2O4/c18-15(14-9-16-6-8-20-14)17-11-1-3-12(4-2-11)21-13-5-7-19-10-13/h1-4,13-14,16H,5-10H2,(H,17,18). The minimum atomic E-state index is -0.426. The summed E-state index contributed by atoms with van der Waals surface area (Å²) in [6, 6.07) is 7.38. The Morgan fingerprint density at radius 3 is 2.81 bits per heavy atom. The molecule has 1 amide bonds. The van der Waals surface area contributed by atoms with E-state index in [1.54, 1.807) is 0 Å². The lowest BCUT2D eigenvalue weighted by Crippen LogP contribution is -2.45. The largest absolute Gasteiger partial charge is 0.488 e. The summed E-state index contributed by atoms with van der Waals surface area (Å²) >= 11 is 0. The first kappa shape index (κ1) is 14.3. The summed E-state index contributed by atoms with van der Waals surface area (Å²) in [6.45, 7) is 3.31. The van der Waals surface area contributed by atoms with Gasteiger partial charge in [0.05, 0.1) is 19.8 Å². The zero-order chi connectivity index (χ0) is 14.5. The van der Waals surface area contributed by atoms with Gasteiger partial charge in [-0.3, -0.25) is 4.79 Å². The third-order valence-corrected chi connectivity index (χ3v) is 3.53. The Labute approximate surface area is 123 Å². The van der Waals surface area contributed by atoms with Crippen LogP contribution in [-0.2, 0) is 14.3 Å². The molecule has 2 unspecified atom stereocenters. The van der Waals surface area contributed by atoms with Crippen LogP contribution in [0.25, 0.3) is 0 Å². The Bertz CT molecular complexity index is 465. The van der Waals surface area contributed by atoms with Crippen molar-refractivity contribution >= 4 is 11.6 Å². The first-order valence-corrected chi connectivity index (χ1v) is 7.29. The van der Waals surface area contributed by atoms with Gasteiger partial charge in [-0.05, 0) is 24.3 Å². The average Bonchev–Trinajstić information content (AvgIpc) is 3.03. The minimum absolute atomic E-state index is 0.125. The van der Waals surface area contributed by atoms with Crippen LogP contribution in [0.4, 0.5) is 5.69 Å². The second-order valence-electron chi connectivity index (χ2n) is 5.18. The third kappa shape index (κ3) is 3.93. The number of morpholine rings is 1. The van der Waals surface area contributed by atoms with E-state index in [1.807, 2.05) is 24.3 Å². The van der Waals surface area contributed by atoms with Crippen LogP contribution in [0.3, 0.4) is 0 Å². The van der Waals surface area contributed by atoms with Crippen molar-refractivity contribution < 1.29 is 19.0 Å². The first-order valence-electron chi connectivity index (χ1n) is 7.29. The van der Waals surface area contributed by atoms with E-state index in [0.29, 0.717) is 19.8 Å². The van der Waals surface area contributed by atoms with Gasteiger partial charge in [-0.1, -0.05) is 0 Å². The fourth-order valence-electron chi connectivity index (χ4n) is 2.37. The van der Waals surface area contributed by atoms with Crippen molar-refractivity contribution in [1.82, 2.24) is 5.32 Å². The number of rotatable bonds is 4. The molecule has 6 nitrogen and oxygen atoms in total. The number of nitrogens with one attached hydrogen (secondary N) is 2. The molecule has 0 aromatic heterocycles. The minimum Gasteiger partial charge on any atom is -0.488 e. The maximum atomic E-state index is 12.0.